The van der Waals surface area contributed by atoms with Gasteiger partial charge in [-0.3, -0.25) is 0 Å². The summed E-state index contributed by atoms with van der Waals surface area (Å²) in [5, 5.41) is 2.53. The van der Waals surface area contributed by atoms with Crippen molar-refractivity contribution in [3.8, 4) is 0 Å². The molecule has 0 saturated heterocycles. The van der Waals surface area contributed by atoms with Crippen molar-refractivity contribution < 1.29 is 17.6 Å². The molecule has 2 rings (SSSR count). The molecule has 0 unspecified atom stereocenters. The molecule has 1 aromatic carbocycles. The maximum absolute atomic E-state index is 12.9. The number of alkyl halides is 3. The molecule has 0 saturated carbocycles. The number of hydrogen-bond donors (Lipinski definition) is 3. The standard InChI is InChI=1S/C11H8ClF4N5/c12-6-3-5(13)1-2-7(6)18-8-4-9(21-17)20-10(19-8)11(14,15)16/h1-4H,17H2,(H2,18,19,20,21). The molecule has 1 heterocycles. The number of nitrogen functional groups attached to an aromatic ring is 1. The van der Waals surface area contributed by atoms with Gasteiger partial charge in [0.05, 0.1) is 10.7 Å². The Morgan fingerprint density at radius 3 is 2.33 bits per heavy atom. The summed E-state index contributed by atoms with van der Waals surface area (Å²) in [6.07, 6.45) is -4.74. The lowest BCUT2D eigenvalue weighted by atomic mass is 10.3. The third-order valence-electron chi connectivity index (χ3n) is 2.32. The van der Waals surface area contributed by atoms with Crippen LogP contribution in [0.25, 0.3) is 0 Å². The van der Waals surface area contributed by atoms with Crippen LogP contribution in [0, 0.1) is 5.82 Å². The molecule has 0 fully saturated rings. The van der Waals surface area contributed by atoms with E-state index in [0.29, 0.717) is 0 Å². The Morgan fingerprint density at radius 1 is 1.10 bits per heavy atom. The van der Waals surface area contributed by atoms with Crippen LogP contribution in [-0.2, 0) is 6.18 Å². The fourth-order valence-corrected chi connectivity index (χ4v) is 1.66. The zero-order valence-electron chi connectivity index (χ0n) is 10.2. The minimum atomic E-state index is -4.74. The summed E-state index contributed by atoms with van der Waals surface area (Å²) in [4.78, 5) is 6.51. The van der Waals surface area contributed by atoms with Gasteiger partial charge in [0.15, 0.2) is 0 Å². The smallest absolute Gasteiger partial charge is 0.339 e. The van der Waals surface area contributed by atoms with Crippen LogP contribution in [0.1, 0.15) is 5.82 Å². The van der Waals surface area contributed by atoms with Gasteiger partial charge in [0.1, 0.15) is 17.5 Å². The van der Waals surface area contributed by atoms with Crippen LogP contribution in [-0.4, -0.2) is 9.97 Å². The van der Waals surface area contributed by atoms with Crippen molar-refractivity contribution in [3.05, 3.63) is 40.9 Å². The Hall–Kier alpha value is -2.13. The van der Waals surface area contributed by atoms with Crippen molar-refractivity contribution in [2.45, 2.75) is 6.18 Å². The minimum absolute atomic E-state index is 0.00979. The van der Waals surface area contributed by atoms with E-state index in [4.69, 9.17) is 17.4 Å². The number of halogens is 5. The first-order valence-electron chi connectivity index (χ1n) is 5.44. The summed E-state index contributed by atoms with van der Waals surface area (Å²) in [5.41, 5.74) is 2.19. The van der Waals surface area contributed by atoms with Crippen molar-refractivity contribution in [3.63, 3.8) is 0 Å². The van der Waals surface area contributed by atoms with E-state index >= 15 is 0 Å². The van der Waals surface area contributed by atoms with Gasteiger partial charge in [0, 0.05) is 6.07 Å². The van der Waals surface area contributed by atoms with Crippen LogP contribution < -0.4 is 16.6 Å². The van der Waals surface area contributed by atoms with Crippen molar-refractivity contribution in [1.82, 2.24) is 9.97 Å². The quantitative estimate of drug-likeness (QED) is 0.459. The van der Waals surface area contributed by atoms with Gasteiger partial charge in [0.25, 0.3) is 0 Å². The summed E-state index contributed by atoms with van der Waals surface area (Å²) in [6, 6.07) is 4.53. The lowest BCUT2D eigenvalue weighted by molar-refractivity contribution is -0.144. The average molecular weight is 322 g/mol. The highest BCUT2D eigenvalue weighted by molar-refractivity contribution is 6.33. The Kier molecular flexibility index (Phi) is 4.14. The van der Waals surface area contributed by atoms with Gasteiger partial charge in [-0.05, 0) is 18.2 Å². The van der Waals surface area contributed by atoms with E-state index in [9.17, 15) is 17.6 Å². The van der Waals surface area contributed by atoms with E-state index in [-0.39, 0.29) is 22.3 Å². The van der Waals surface area contributed by atoms with Crippen LogP contribution in [0.3, 0.4) is 0 Å². The van der Waals surface area contributed by atoms with Gasteiger partial charge in [-0.15, -0.1) is 0 Å². The molecule has 112 valence electrons. The molecule has 0 spiro atoms. The van der Waals surface area contributed by atoms with Gasteiger partial charge < -0.3 is 10.7 Å². The summed E-state index contributed by atoms with van der Waals surface area (Å²) in [6.45, 7) is 0. The second-order valence-corrected chi connectivity index (χ2v) is 4.26. The molecule has 2 aromatic rings. The highest BCUT2D eigenvalue weighted by Gasteiger charge is 2.35. The summed E-state index contributed by atoms with van der Waals surface area (Å²) in [5.74, 6) is 2.68. The van der Waals surface area contributed by atoms with E-state index in [1.807, 2.05) is 5.43 Å². The van der Waals surface area contributed by atoms with Crippen LogP contribution in [0.2, 0.25) is 5.02 Å². The molecule has 0 amide bonds. The highest BCUT2D eigenvalue weighted by atomic mass is 35.5. The molecule has 21 heavy (non-hydrogen) atoms. The van der Waals surface area contributed by atoms with E-state index in [0.717, 1.165) is 18.2 Å². The van der Waals surface area contributed by atoms with Crippen molar-refractivity contribution >= 4 is 28.9 Å². The van der Waals surface area contributed by atoms with Crippen molar-refractivity contribution in [2.75, 3.05) is 10.7 Å². The third-order valence-corrected chi connectivity index (χ3v) is 2.63. The number of anilines is 3. The topological polar surface area (TPSA) is 75.9 Å². The summed E-state index contributed by atoms with van der Waals surface area (Å²) < 4.78 is 50.9. The van der Waals surface area contributed by atoms with Gasteiger partial charge >= 0.3 is 6.18 Å². The van der Waals surface area contributed by atoms with Crippen LogP contribution in [0.5, 0.6) is 0 Å². The zero-order chi connectivity index (χ0) is 15.6. The van der Waals surface area contributed by atoms with E-state index < -0.39 is 17.8 Å². The number of nitrogens with two attached hydrogens (primary N) is 1. The minimum Gasteiger partial charge on any atom is -0.339 e. The molecule has 4 N–H and O–H groups in total. The van der Waals surface area contributed by atoms with Gasteiger partial charge in [-0.25, -0.2) is 20.2 Å². The number of hydrogen-bond acceptors (Lipinski definition) is 5. The summed E-state index contributed by atoms with van der Waals surface area (Å²) >= 11 is 5.77. The fourth-order valence-electron chi connectivity index (χ4n) is 1.44. The number of nitrogens with one attached hydrogen (secondary N) is 2. The number of rotatable bonds is 3. The monoisotopic (exact) mass is 321 g/mol. The Bertz CT molecular complexity index is 662. The predicted octanol–water partition coefficient (Wildman–Crippen LogP) is 3.32. The molecule has 0 aliphatic carbocycles. The SMILES string of the molecule is NNc1cc(Nc2ccc(F)cc2Cl)nc(C(F)(F)F)n1. The van der Waals surface area contributed by atoms with Crippen LogP contribution in [0.15, 0.2) is 24.3 Å². The van der Waals surface area contributed by atoms with Gasteiger partial charge in [0.2, 0.25) is 5.82 Å². The first kappa shape index (κ1) is 15.3. The predicted molar refractivity (Wildman–Crippen MR) is 69.5 cm³/mol. The van der Waals surface area contributed by atoms with Crippen LogP contribution in [0.4, 0.5) is 34.9 Å². The normalized spacial score (nSPS) is 11.3. The van der Waals surface area contributed by atoms with E-state index in [1.165, 1.54) is 6.07 Å². The lowest BCUT2D eigenvalue weighted by Crippen LogP contribution is -2.16. The average Bonchev–Trinajstić information content (AvgIpc) is 2.40. The summed E-state index contributed by atoms with van der Waals surface area (Å²) in [7, 11) is 0. The Morgan fingerprint density at radius 2 is 1.76 bits per heavy atom. The first-order chi connectivity index (χ1) is 9.79. The molecule has 0 aliphatic rings. The molecule has 1 aromatic heterocycles. The van der Waals surface area contributed by atoms with E-state index in [2.05, 4.69) is 15.3 Å². The van der Waals surface area contributed by atoms with Gasteiger partial charge in [-0.1, -0.05) is 11.6 Å². The Balaban J connectivity index is 2.39. The molecule has 0 radical (unpaired) electrons. The fraction of sp³-hybridized carbons (Fsp3) is 0.0909. The maximum atomic E-state index is 12.9. The number of benzene rings is 1. The molecule has 0 bridgehead atoms. The zero-order valence-corrected chi connectivity index (χ0v) is 10.9. The van der Waals surface area contributed by atoms with Crippen molar-refractivity contribution in [2.24, 2.45) is 5.84 Å². The molecule has 5 nitrogen and oxygen atoms in total. The Labute approximate surface area is 121 Å². The second-order valence-electron chi connectivity index (χ2n) is 3.85. The van der Waals surface area contributed by atoms with Gasteiger partial charge in [-0.2, -0.15) is 13.2 Å². The number of aromatic nitrogens is 2. The highest BCUT2D eigenvalue weighted by Crippen LogP contribution is 2.30. The third kappa shape index (κ3) is 3.70. The molecular formula is C11H8ClF4N5. The van der Waals surface area contributed by atoms with Crippen molar-refractivity contribution in [1.29, 1.82) is 0 Å². The van der Waals surface area contributed by atoms with Crippen LogP contribution >= 0.6 is 11.6 Å². The maximum Gasteiger partial charge on any atom is 0.451 e. The number of hydrazine groups is 1. The largest absolute Gasteiger partial charge is 0.451 e. The molecular weight excluding hydrogens is 314 g/mol. The molecule has 0 atom stereocenters. The number of nitrogens with zero attached hydrogens (tertiary/aromatic N) is 2. The van der Waals surface area contributed by atoms with E-state index in [1.54, 1.807) is 0 Å². The second kappa shape index (κ2) is 5.70. The lowest BCUT2D eigenvalue weighted by Gasteiger charge is -2.12. The molecule has 10 heteroatoms. The first-order valence-corrected chi connectivity index (χ1v) is 5.82. The molecule has 0 aliphatic heterocycles.